The summed E-state index contributed by atoms with van der Waals surface area (Å²) >= 11 is 5.87. The van der Waals surface area contributed by atoms with Crippen molar-refractivity contribution in [1.29, 1.82) is 0 Å². The fraction of sp³-hybridized carbons (Fsp3) is 0.320. The predicted molar refractivity (Wildman–Crippen MR) is 129 cm³/mol. The smallest absolute Gasteiger partial charge is 0.258 e. The molecule has 1 aliphatic rings. The van der Waals surface area contributed by atoms with Crippen LogP contribution in [0.25, 0.3) is 0 Å². The number of hydrogen-bond acceptors (Lipinski definition) is 5. The van der Waals surface area contributed by atoms with E-state index in [1.165, 1.54) is 11.8 Å². The minimum atomic E-state index is -0.192. The number of nitrogens with zero attached hydrogens (tertiary/aromatic N) is 3. The van der Waals surface area contributed by atoms with Crippen LogP contribution in [0.4, 0.5) is 11.5 Å². The first-order valence-corrected chi connectivity index (χ1v) is 11.4. The van der Waals surface area contributed by atoms with Gasteiger partial charge in [0.25, 0.3) is 5.91 Å². The highest BCUT2D eigenvalue weighted by Gasteiger charge is 2.24. The molecule has 0 unspecified atom stereocenters. The van der Waals surface area contributed by atoms with E-state index < -0.39 is 0 Å². The number of nitrogens with one attached hydrogen (secondary N) is 2. The van der Waals surface area contributed by atoms with E-state index in [9.17, 15) is 4.79 Å². The maximum absolute atomic E-state index is 12.8. The first kappa shape index (κ1) is 22.2. The van der Waals surface area contributed by atoms with Gasteiger partial charge in [0.1, 0.15) is 5.82 Å². The molecule has 166 valence electrons. The van der Waals surface area contributed by atoms with E-state index in [4.69, 9.17) is 11.6 Å². The van der Waals surface area contributed by atoms with Crippen LogP contribution in [-0.4, -0.2) is 40.4 Å². The number of aromatic nitrogens is 2. The minimum Gasteiger partial charge on any atom is -0.384 e. The summed E-state index contributed by atoms with van der Waals surface area (Å²) in [4.78, 5) is 23.7. The minimum absolute atomic E-state index is 0.192. The zero-order valence-corrected chi connectivity index (χ0v) is 18.9. The number of pyridine rings is 2. The van der Waals surface area contributed by atoms with E-state index in [1.807, 2.05) is 42.7 Å². The van der Waals surface area contributed by atoms with Crippen molar-refractivity contribution >= 4 is 29.0 Å². The largest absolute Gasteiger partial charge is 0.384 e. The van der Waals surface area contributed by atoms with Crippen molar-refractivity contribution < 1.29 is 4.79 Å². The van der Waals surface area contributed by atoms with Crippen LogP contribution in [0, 0.1) is 5.92 Å². The van der Waals surface area contributed by atoms with Gasteiger partial charge in [0.15, 0.2) is 0 Å². The summed E-state index contributed by atoms with van der Waals surface area (Å²) in [6.07, 6.45) is 7.54. The van der Waals surface area contributed by atoms with Crippen molar-refractivity contribution in [3.8, 4) is 0 Å². The molecule has 3 heterocycles. The molecule has 6 nitrogen and oxygen atoms in total. The van der Waals surface area contributed by atoms with Gasteiger partial charge in [0, 0.05) is 36.9 Å². The van der Waals surface area contributed by atoms with Gasteiger partial charge in [-0.2, -0.15) is 0 Å². The van der Waals surface area contributed by atoms with E-state index in [0.717, 1.165) is 38.2 Å². The van der Waals surface area contributed by atoms with Gasteiger partial charge >= 0.3 is 0 Å². The maximum atomic E-state index is 12.8. The number of anilines is 2. The summed E-state index contributed by atoms with van der Waals surface area (Å²) in [5.74, 6) is 0.855. The summed E-state index contributed by atoms with van der Waals surface area (Å²) < 4.78 is 0. The molecule has 0 aliphatic carbocycles. The summed E-state index contributed by atoms with van der Waals surface area (Å²) in [6, 6.07) is 15.5. The number of rotatable bonds is 7. The molecule has 0 saturated carbocycles. The van der Waals surface area contributed by atoms with Crippen molar-refractivity contribution in [3.05, 3.63) is 83.3 Å². The average Bonchev–Trinajstić information content (AvgIpc) is 2.85. The van der Waals surface area contributed by atoms with E-state index in [0.29, 0.717) is 28.4 Å². The third-order valence-corrected chi connectivity index (χ3v) is 6.31. The van der Waals surface area contributed by atoms with Crippen LogP contribution in [0.5, 0.6) is 0 Å². The number of para-hydroxylation sites is 1. The van der Waals surface area contributed by atoms with E-state index in [-0.39, 0.29) is 5.91 Å². The van der Waals surface area contributed by atoms with Crippen molar-refractivity contribution in [3.63, 3.8) is 0 Å². The number of amides is 1. The van der Waals surface area contributed by atoms with Gasteiger partial charge in [-0.05, 0) is 74.7 Å². The van der Waals surface area contributed by atoms with Gasteiger partial charge in [-0.25, -0.2) is 4.98 Å². The van der Waals surface area contributed by atoms with Crippen molar-refractivity contribution in [2.75, 3.05) is 30.3 Å². The summed E-state index contributed by atoms with van der Waals surface area (Å²) in [6.45, 7) is 5.22. The second kappa shape index (κ2) is 10.6. The molecule has 1 aliphatic heterocycles. The Morgan fingerprint density at radius 3 is 2.66 bits per heavy atom. The second-order valence-corrected chi connectivity index (χ2v) is 8.62. The lowest BCUT2D eigenvalue weighted by atomic mass is 9.94. The molecule has 3 aromatic rings. The molecule has 2 aromatic heterocycles. The Hall–Kier alpha value is -2.96. The fourth-order valence-electron chi connectivity index (χ4n) is 4.10. The molecule has 1 atom stereocenters. The lowest BCUT2D eigenvalue weighted by molar-refractivity contribution is 0.102. The van der Waals surface area contributed by atoms with E-state index in [1.54, 1.807) is 12.1 Å². The van der Waals surface area contributed by atoms with Crippen molar-refractivity contribution in [1.82, 2.24) is 14.9 Å². The first-order chi connectivity index (χ1) is 15.6. The van der Waals surface area contributed by atoms with Crippen LogP contribution >= 0.6 is 11.6 Å². The molecule has 1 fully saturated rings. The molecular weight excluding hydrogens is 422 g/mol. The zero-order chi connectivity index (χ0) is 22.3. The molecule has 2 N–H and O–H groups in total. The van der Waals surface area contributed by atoms with Crippen LogP contribution < -0.4 is 10.6 Å². The number of carbonyl (C=O) groups is 1. The Morgan fingerprint density at radius 2 is 1.94 bits per heavy atom. The SMILES string of the molecule is C[C@H](c1cccnc1)N1CCC(CNc2ccccc2C(=O)Nc2ccc(Cl)cn2)CC1. The summed E-state index contributed by atoms with van der Waals surface area (Å²) in [7, 11) is 0. The van der Waals surface area contributed by atoms with Crippen LogP contribution in [0.2, 0.25) is 5.02 Å². The molecule has 0 spiro atoms. The standard InChI is InChI=1S/C25H28ClN5O/c1-18(20-5-4-12-27-16-20)31-13-10-19(11-14-31)15-28-23-7-3-2-6-22(23)25(32)30-24-9-8-21(26)17-29-24/h2-9,12,16-19,28H,10-11,13-15H2,1H3,(H,29,30,32)/t18-/m1/s1. The Balaban J connectivity index is 1.31. The quantitative estimate of drug-likeness (QED) is 0.514. The highest BCUT2D eigenvalue weighted by Crippen LogP contribution is 2.27. The molecule has 1 saturated heterocycles. The molecule has 32 heavy (non-hydrogen) atoms. The third-order valence-electron chi connectivity index (χ3n) is 6.09. The number of piperidine rings is 1. The lowest BCUT2D eigenvalue weighted by Gasteiger charge is -2.36. The van der Waals surface area contributed by atoms with Crippen LogP contribution in [0.15, 0.2) is 67.1 Å². The third kappa shape index (κ3) is 5.64. The Labute approximate surface area is 194 Å². The molecule has 1 amide bonds. The normalized spacial score (nSPS) is 15.8. The number of likely N-dealkylation sites (tertiary alicyclic amines) is 1. The highest BCUT2D eigenvalue weighted by atomic mass is 35.5. The lowest BCUT2D eigenvalue weighted by Crippen LogP contribution is -2.37. The summed E-state index contributed by atoms with van der Waals surface area (Å²) in [5, 5.41) is 6.87. The molecular formula is C25H28ClN5O. The van der Waals surface area contributed by atoms with Crippen LogP contribution in [0.1, 0.15) is 41.7 Å². The topological polar surface area (TPSA) is 70.2 Å². The maximum Gasteiger partial charge on any atom is 0.258 e. The van der Waals surface area contributed by atoms with Gasteiger partial charge < -0.3 is 10.6 Å². The fourth-order valence-corrected chi connectivity index (χ4v) is 4.21. The molecule has 1 aromatic carbocycles. The van der Waals surface area contributed by atoms with Crippen LogP contribution in [-0.2, 0) is 0 Å². The van der Waals surface area contributed by atoms with Crippen molar-refractivity contribution in [2.45, 2.75) is 25.8 Å². The number of carbonyl (C=O) groups excluding carboxylic acids is 1. The van der Waals surface area contributed by atoms with E-state index in [2.05, 4.69) is 38.5 Å². The monoisotopic (exact) mass is 449 g/mol. The van der Waals surface area contributed by atoms with Gasteiger partial charge in [0.05, 0.1) is 10.6 Å². The number of halogens is 1. The van der Waals surface area contributed by atoms with Gasteiger partial charge in [-0.1, -0.05) is 29.8 Å². The first-order valence-electron chi connectivity index (χ1n) is 11.0. The molecule has 4 rings (SSSR count). The average molecular weight is 450 g/mol. The zero-order valence-electron chi connectivity index (χ0n) is 18.2. The molecule has 7 heteroatoms. The molecule has 0 radical (unpaired) electrons. The summed E-state index contributed by atoms with van der Waals surface area (Å²) in [5.41, 5.74) is 2.70. The number of hydrogen-bond donors (Lipinski definition) is 2. The molecule has 0 bridgehead atoms. The number of benzene rings is 1. The Bertz CT molecular complexity index is 1020. The Kier molecular flexibility index (Phi) is 7.35. The van der Waals surface area contributed by atoms with Crippen molar-refractivity contribution in [2.24, 2.45) is 5.92 Å². The second-order valence-electron chi connectivity index (χ2n) is 8.18. The highest BCUT2D eigenvalue weighted by molar-refractivity contribution is 6.30. The predicted octanol–water partition coefficient (Wildman–Crippen LogP) is 5.27. The van der Waals surface area contributed by atoms with E-state index >= 15 is 0 Å². The van der Waals surface area contributed by atoms with Crippen LogP contribution in [0.3, 0.4) is 0 Å². The Morgan fingerprint density at radius 1 is 1.12 bits per heavy atom. The van der Waals surface area contributed by atoms with Gasteiger partial charge in [0.2, 0.25) is 0 Å². The van der Waals surface area contributed by atoms with Gasteiger partial charge in [-0.3, -0.25) is 14.7 Å². The van der Waals surface area contributed by atoms with Gasteiger partial charge in [-0.15, -0.1) is 0 Å².